The molecule has 0 radical (unpaired) electrons. The lowest BCUT2D eigenvalue weighted by atomic mass is 9.95. The summed E-state index contributed by atoms with van der Waals surface area (Å²) in [6, 6.07) is 4.52. The van der Waals surface area contributed by atoms with Crippen molar-refractivity contribution in [2.45, 2.75) is 31.3 Å². The van der Waals surface area contributed by atoms with Crippen LogP contribution in [-0.4, -0.2) is 26.9 Å². The number of carbonyl (C=O) groups excluding carboxylic acids is 1. The molecule has 8 heteroatoms. The summed E-state index contributed by atoms with van der Waals surface area (Å²) in [7, 11) is 0. The summed E-state index contributed by atoms with van der Waals surface area (Å²) >= 11 is 11.7. The molecule has 2 aromatic rings. The highest BCUT2D eigenvalue weighted by atomic mass is 35.5. The quantitative estimate of drug-likeness (QED) is 0.768. The molecule has 0 aromatic carbocycles. The van der Waals surface area contributed by atoms with E-state index in [9.17, 15) is 9.18 Å². The van der Waals surface area contributed by atoms with E-state index in [1.165, 1.54) is 6.20 Å². The third-order valence-corrected chi connectivity index (χ3v) is 5.30. The summed E-state index contributed by atoms with van der Waals surface area (Å²) in [6.07, 6.45) is 3.57. The van der Waals surface area contributed by atoms with Crippen molar-refractivity contribution in [2.75, 3.05) is 5.32 Å². The van der Waals surface area contributed by atoms with Crippen LogP contribution < -0.4 is 5.32 Å². The summed E-state index contributed by atoms with van der Waals surface area (Å²) in [6.45, 7) is 0. The maximum Gasteiger partial charge on any atom is 0.323 e. The van der Waals surface area contributed by atoms with E-state index in [4.69, 9.17) is 23.2 Å². The minimum atomic E-state index is -0.435. The van der Waals surface area contributed by atoms with Gasteiger partial charge in [0.1, 0.15) is 11.0 Å². The smallest absolute Gasteiger partial charge is 0.314 e. The molecule has 0 spiro atoms. The number of nitrogens with zero attached hydrogens (tertiary/aromatic N) is 3. The molecule has 24 heavy (non-hydrogen) atoms. The van der Waals surface area contributed by atoms with Gasteiger partial charge in [-0.25, -0.2) is 14.8 Å². The summed E-state index contributed by atoms with van der Waals surface area (Å²) in [5.41, 5.74) is 1.47. The van der Waals surface area contributed by atoms with Crippen LogP contribution in [0.3, 0.4) is 0 Å². The fourth-order valence-corrected chi connectivity index (χ4v) is 3.85. The van der Waals surface area contributed by atoms with Crippen LogP contribution in [0.2, 0.25) is 10.2 Å². The molecule has 5 nitrogen and oxygen atoms in total. The fourth-order valence-electron chi connectivity index (χ4n) is 3.59. The lowest BCUT2D eigenvalue weighted by molar-refractivity contribution is 0.178. The number of rotatable bonds is 1. The van der Waals surface area contributed by atoms with Crippen molar-refractivity contribution >= 4 is 35.1 Å². The molecule has 0 unspecified atom stereocenters. The van der Waals surface area contributed by atoms with Crippen molar-refractivity contribution in [3.8, 4) is 0 Å². The van der Waals surface area contributed by atoms with Gasteiger partial charge in [-0.2, -0.15) is 4.39 Å². The van der Waals surface area contributed by atoms with Crippen molar-refractivity contribution in [1.82, 2.24) is 14.9 Å². The third-order valence-electron chi connectivity index (χ3n) is 4.61. The highest BCUT2D eigenvalue weighted by Gasteiger charge is 2.43. The number of amides is 2. The van der Waals surface area contributed by atoms with Gasteiger partial charge in [0.25, 0.3) is 0 Å². The number of carbonyl (C=O) groups is 1. The Morgan fingerprint density at radius 2 is 2.12 bits per heavy atom. The Hall–Kier alpha value is -1.92. The van der Waals surface area contributed by atoms with Crippen LogP contribution in [0, 0.1) is 5.95 Å². The summed E-state index contributed by atoms with van der Waals surface area (Å²) in [5, 5.41) is 3.21. The molecule has 2 aliphatic rings. The second-order valence-corrected chi connectivity index (χ2v) is 6.69. The number of urea groups is 1. The van der Waals surface area contributed by atoms with Gasteiger partial charge in [-0.05, 0) is 43.0 Å². The summed E-state index contributed by atoms with van der Waals surface area (Å²) in [5.74, 6) is -0.101. The maximum atomic E-state index is 13.9. The van der Waals surface area contributed by atoms with Crippen LogP contribution in [0.25, 0.3) is 0 Å². The Bertz CT molecular complexity index is 832. The van der Waals surface area contributed by atoms with Gasteiger partial charge in [0.2, 0.25) is 5.95 Å². The van der Waals surface area contributed by atoms with E-state index in [-0.39, 0.29) is 23.3 Å². The zero-order valence-electron chi connectivity index (χ0n) is 12.5. The predicted octanol–water partition coefficient (Wildman–Crippen LogP) is 4.22. The number of pyridine rings is 2. The molecule has 2 aliphatic heterocycles. The second kappa shape index (κ2) is 5.86. The number of fused-ring (bicyclic) bond motifs is 4. The zero-order chi connectivity index (χ0) is 16.8. The number of nitrogens with one attached hydrogen (secondary N) is 1. The molecule has 1 fully saturated rings. The highest BCUT2D eigenvalue weighted by molar-refractivity contribution is 6.41. The van der Waals surface area contributed by atoms with Crippen LogP contribution in [0.15, 0.2) is 24.4 Å². The predicted molar refractivity (Wildman–Crippen MR) is 88.8 cm³/mol. The molecule has 0 aliphatic carbocycles. The van der Waals surface area contributed by atoms with E-state index >= 15 is 0 Å². The molecular formula is C16H13Cl2FN4O. The van der Waals surface area contributed by atoms with Gasteiger partial charge >= 0.3 is 6.03 Å². The normalized spacial score (nSPS) is 21.5. The van der Waals surface area contributed by atoms with E-state index in [2.05, 4.69) is 15.3 Å². The van der Waals surface area contributed by atoms with Crippen LogP contribution in [-0.2, 0) is 6.42 Å². The first-order chi connectivity index (χ1) is 11.5. The summed E-state index contributed by atoms with van der Waals surface area (Å²) < 4.78 is 13.9. The molecule has 124 valence electrons. The molecule has 2 amide bonds. The van der Waals surface area contributed by atoms with Gasteiger partial charge in [0.15, 0.2) is 0 Å². The van der Waals surface area contributed by atoms with Crippen molar-refractivity contribution < 1.29 is 9.18 Å². The van der Waals surface area contributed by atoms with Crippen molar-refractivity contribution in [1.29, 1.82) is 0 Å². The standard InChI is InChI=1S/C16H13Cl2FN4O/c17-11-2-4-13(21-14(11)18)22-16(24)23-8-1-3-12(23)9-5-6-20-15(19)10(9)7-8/h2,4-6,8,12H,1,3,7H2,(H,21,22,24)/t8-,12+/m0/s1. The molecule has 4 rings (SSSR count). The number of hydrogen-bond donors (Lipinski definition) is 1. The van der Waals surface area contributed by atoms with E-state index in [1.54, 1.807) is 23.1 Å². The SMILES string of the molecule is O=C(Nc1ccc(Cl)c(Cl)n1)N1[C@H]2CC[C@@H]1c1ccnc(F)c1C2. The first-order valence-electron chi connectivity index (χ1n) is 7.59. The molecule has 2 aromatic heterocycles. The van der Waals surface area contributed by atoms with Crippen LogP contribution in [0.1, 0.15) is 30.0 Å². The summed E-state index contributed by atoms with van der Waals surface area (Å²) in [4.78, 5) is 22.2. The van der Waals surface area contributed by atoms with E-state index in [0.29, 0.717) is 22.8 Å². The molecule has 1 saturated heterocycles. The lowest BCUT2D eigenvalue weighted by Crippen LogP contribution is -2.44. The Kier molecular flexibility index (Phi) is 3.81. The minimum Gasteiger partial charge on any atom is -0.314 e. The Morgan fingerprint density at radius 1 is 1.29 bits per heavy atom. The minimum absolute atomic E-state index is 0.0380. The van der Waals surface area contributed by atoms with E-state index < -0.39 is 5.95 Å². The van der Waals surface area contributed by atoms with Crippen molar-refractivity contribution in [3.63, 3.8) is 0 Å². The van der Waals surface area contributed by atoms with Crippen molar-refractivity contribution in [3.05, 3.63) is 51.6 Å². The van der Waals surface area contributed by atoms with Gasteiger partial charge in [-0.1, -0.05) is 23.2 Å². The largest absolute Gasteiger partial charge is 0.323 e. The van der Waals surface area contributed by atoms with Gasteiger partial charge in [0, 0.05) is 17.8 Å². The average molecular weight is 367 g/mol. The van der Waals surface area contributed by atoms with Gasteiger partial charge in [0.05, 0.1) is 11.1 Å². The third kappa shape index (κ3) is 2.50. The Labute approximate surface area is 147 Å². The number of halogens is 3. The van der Waals surface area contributed by atoms with Crippen molar-refractivity contribution in [2.24, 2.45) is 0 Å². The van der Waals surface area contributed by atoms with Crippen LogP contribution in [0.4, 0.5) is 15.0 Å². The first-order valence-corrected chi connectivity index (χ1v) is 8.35. The monoisotopic (exact) mass is 366 g/mol. The Balaban J connectivity index is 1.61. The van der Waals surface area contributed by atoms with Crippen LogP contribution >= 0.6 is 23.2 Å². The molecule has 4 heterocycles. The average Bonchev–Trinajstić information content (AvgIpc) is 2.87. The van der Waals surface area contributed by atoms with E-state index in [0.717, 1.165) is 18.4 Å². The van der Waals surface area contributed by atoms with Gasteiger partial charge < -0.3 is 4.90 Å². The highest BCUT2D eigenvalue weighted by Crippen LogP contribution is 2.44. The number of aromatic nitrogens is 2. The molecule has 1 N–H and O–H groups in total. The topological polar surface area (TPSA) is 58.1 Å². The maximum absolute atomic E-state index is 13.9. The van der Waals surface area contributed by atoms with E-state index in [1.807, 2.05) is 0 Å². The lowest BCUT2D eigenvalue weighted by Gasteiger charge is -2.36. The number of hydrogen-bond acceptors (Lipinski definition) is 3. The van der Waals surface area contributed by atoms with Gasteiger partial charge in [-0.3, -0.25) is 5.32 Å². The Morgan fingerprint density at radius 3 is 2.92 bits per heavy atom. The second-order valence-electron chi connectivity index (χ2n) is 5.93. The first kappa shape index (κ1) is 15.6. The number of anilines is 1. The molecule has 0 saturated carbocycles. The molecular weight excluding hydrogens is 354 g/mol. The molecule has 2 bridgehead atoms. The van der Waals surface area contributed by atoms with Gasteiger partial charge in [-0.15, -0.1) is 0 Å². The fraction of sp³-hybridized carbons (Fsp3) is 0.312. The van der Waals surface area contributed by atoms with Crippen LogP contribution in [0.5, 0.6) is 0 Å². The zero-order valence-corrected chi connectivity index (χ0v) is 14.0. The molecule has 2 atom stereocenters.